The standard InChI is InChI=1S/C17H34N2O/c1-16(2,3)11-8-7-9-15(20)19-12-10-14(13-19)18-17(4,5)6/h14,18H,7-13H2,1-6H3/t14-/m1/s1. The van der Waals surface area contributed by atoms with Crippen LogP contribution in [0, 0.1) is 5.41 Å². The van der Waals surface area contributed by atoms with Crippen molar-refractivity contribution in [1.82, 2.24) is 10.2 Å². The Morgan fingerprint density at radius 1 is 1.15 bits per heavy atom. The monoisotopic (exact) mass is 282 g/mol. The maximum absolute atomic E-state index is 12.2. The molecule has 0 aromatic carbocycles. The fourth-order valence-electron chi connectivity index (χ4n) is 2.81. The van der Waals surface area contributed by atoms with Crippen molar-refractivity contribution in [2.45, 2.75) is 85.2 Å². The molecule has 0 unspecified atom stereocenters. The molecule has 0 aliphatic carbocycles. The third-order valence-corrected chi connectivity index (χ3v) is 3.75. The first-order valence-corrected chi connectivity index (χ1v) is 8.12. The van der Waals surface area contributed by atoms with Crippen molar-refractivity contribution in [3.8, 4) is 0 Å². The predicted molar refractivity (Wildman–Crippen MR) is 85.8 cm³/mol. The maximum atomic E-state index is 12.2. The molecule has 0 bridgehead atoms. The molecule has 0 aromatic rings. The Morgan fingerprint density at radius 3 is 2.35 bits per heavy atom. The molecular weight excluding hydrogens is 248 g/mol. The number of hydrogen-bond acceptors (Lipinski definition) is 2. The van der Waals surface area contributed by atoms with Gasteiger partial charge >= 0.3 is 0 Å². The first kappa shape index (κ1) is 17.5. The normalized spacial score (nSPS) is 20.5. The van der Waals surface area contributed by atoms with Gasteiger partial charge in [-0.1, -0.05) is 27.2 Å². The number of unbranched alkanes of at least 4 members (excludes halogenated alkanes) is 1. The van der Waals surface area contributed by atoms with Gasteiger partial charge in [-0.2, -0.15) is 0 Å². The van der Waals surface area contributed by atoms with Gasteiger partial charge in [-0.3, -0.25) is 4.79 Å². The lowest BCUT2D eigenvalue weighted by atomic mass is 9.89. The Hall–Kier alpha value is -0.570. The zero-order chi connectivity index (χ0) is 15.4. The van der Waals surface area contributed by atoms with E-state index >= 15 is 0 Å². The van der Waals surface area contributed by atoms with E-state index in [4.69, 9.17) is 0 Å². The van der Waals surface area contributed by atoms with Gasteiger partial charge in [0, 0.05) is 31.1 Å². The van der Waals surface area contributed by atoms with Crippen LogP contribution in [0.4, 0.5) is 0 Å². The van der Waals surface area contributed by atoms with Gasteiger partial charge in [-0.05, 0) is 45.4 Å². The van der Waals surface area contributed by atoms with E-state index in [0.29, 0.717) is 17.4 Å². The average molecular weight is 282 g/mol. The van der Waals surface area contributed by atoms with Gasteiger partial charge in [-0.25, -0.2) is 0 Å². The van der Waals surface area contributed by atoms with Gasteiger partial charge in [0.1, 0.15) is 0 Å². The lowest BCUT2D eigenvalue weighted by Gasteiger charge is -2.26. The Balaban J connectivity index is 2.22. The van der Waals surface area contributed by atoms with Crippen LogP contribution in [-0.4, -0.2) is 35.5 Å². The molecule has 1 N–H and O–H groups in total. The molecule has 0 spiro atoms. The molecule has 3 nitrogen and oxygen atoms in total. The highest BCUT2D eigenvalue weighted by Gasteiger charge is 2.28. The number of amides is 1. The predicted octanol–water partition coefficient (Wildman–Crippen LogP) is 3.58. The number of hydrogen-bond donors (Lipinski definition) is 1. The van der Waals surface area contributed by atoms with E-state index in [2.05, 4.69) is 46.9 Å². The van der Waals surface area contributed by atoms with E-state index in [9.17, 15) is 4.79 Å². The van der Waals surface area contributed by atoms with Crippen LogP contribution in [0.1, 0.15) is 73.6 Å². The smallest absolute Gasteiger partial charge is 0.222 e. The van der Waals surface area contributed by atoms with Crippen molar-refractivity contribution >= 4 is 5.91 Å². The van der Waals surface area contributed by atoms with Crippen molar-refractivity contribution in [3.63, 3.8) is 0 Å². The van der Waals surface area contributed by atoms with Crippen LogP contribution in [0.3, 0.4) is 0 Å². The number of rotatable bonds is 5. The molecule has 1 fully saturated rings. The molecule has 0 saturated carbocycles. The van der Waals surface area contributed by atoms with Crippen molar-refractivity contribution in [2.75, 3.05) is 13.1 Å². The van der Waals surface area contributed by atoms with Crippen molar-refractivity contribution in [3.05, 3.63) is 0 Å². The SMILES string of the molecule is CC(C)(C)CCCCC(=O)N1CC[C@@H](NC(C)(C)C)C1. The topological polar surface area (TPSA) is 32.3 Å². The number of carbonyl (C=O) groups is 1. The Bertz CT molecular complexity index is 312. The van der Waals surface area contributed by atoms with Crippen LogP contribution >= 0.6 is 0 Å². The molecular formula is C17H34N2O. The summed E-state index contributed by atoms with van der Waals surface area (Å²) in [6.07, 6.45) is 5.20. The zero-order valence-electron chi connectivity index (χ0n) is 14.4. The van der Waals surface area contributed by atoms with E-state index < -0.39 is 0 Å². The number of nitrogens with one attached hydrogen (secondary N) is 1. The third kappa shape index (κ3) is 7.28. The van der Waals surface area contributed by atoms with Crippen molar-refractivity contribution < 1.29 is 4.79 Å². The van der Waals surface area contributed by atoms with Crippen LogP contribution < -0.4 is 5.32 Å². The summed E-state index contributed by atoms with van der Waals surface area (Å²) >= 11 is 0. The first-order valence-electron chi connectivity index (χ1n) is 8.12. The number of carbonyl (C=O) groups excluding carboxylic acids is 1. The van der Waals surface area contributed by atoms with Crippen LogP contribution in [0.5, 0.6) is 0 Å². The minimum Gasteiger partial charge on any atom is -0.341 e. The number of likely N-dealkylation sites (tertiary alicyclic amines) is 1. The van der Waals surface area contributed by atoms with Gasteiger partial charge in [-0.15, -0.1) is 0 Å². The molecule has 1 rings (SSSR count). The quantitative estimate of drug-likeness (QED) is 0.782. The molecule has 20 heavy (non-hydrogen) atoms. The van der Waals surface area contributed by atoms with Crippen molar-refractivity contribution in [2.24, 2.45) is 5.41 Å². The molecule has 1 amide bonds. The molecule has 1 atom stereocenters. The molecule has 1 saturated heterocycles. The van der Waals surface area contributed by atoms with Crippen molar-refractivity contribution in [1.29, 1.82) is 0 Å². The van der Waals surface area contributed by atoms with E-state index in [1.165, 1.54) is 6.42 Å². The summed E-state index contributed by atoms with van der Waals surface area (Å²) in [5.41, 5.74) is 0.523. The molecule has 1 heterocycles. The first-order chi connectivity index (χ1) is 9.07. The molecule has 0 radical (unpaired) electrons. The fourth-order valence-corrected chi connectivity index (χ4v) is 2.81. The van der Waals surface area contributed by atoms with E-state index in [0.717, 1.165) is 38.8 Å². The Morgan fingerprint density at radius 2 is 1.80 bits per heavy atom. The van der Waals surface area contributed by atoms with Gasteiger partial charge < -0.3 is 10.2 Å². The Kier molecular flexibility index (Phi) is 6.06. The fraction of sp³-hybridized carbons (Fsp3) is 0.941. The maximum Gasteiger partial charge on any atom is 0.222 e. The van der Waals surface area contributed by atoms with E-state index in [1.54, 1.807) is 0 Å². The van der Waals surface area contributed by atoms with Crippen LogP contribution in [0.15, 0.2) is 0 Å². The highest BCUT2D eigenvalue weighted by Crippen LogP contribution is 2.22. The second-order valence-corrected chi connectivity index (χ2v) is 8.49. The van der Waals surface area contributed by atoms with Crippen LogP contribution in [0.25, 0.3) is 0 Å². The largest absolute Gasteiger partial charge is 0.341 e. The van der Waals surface area contributed by atoms with Gasteiger partial charge in [0.25, 0.3) is 0 Å². The molecule has 3 heteroatoms. The second kappa shape index (κ2) is 6.93. The average Bonchev–Trinajstić information content (AvgIpc) is 2.68. The molecule has 118 valence electrons. The van der Waals surface area contributed by atoms with Crippen LogP contribution in [-0.2, 0) is 4.79 Å². The minimum absolute atomic E-state index is 0.135. The lowest BCUT2D eigenvalue weighted by molar-refractivity contribution is -0.130. The van der Waals surface area contributed by atoms with E-state index in [-0.39, 0.29) is 5.54 Å². The van der Waals surface area contributed by atoms with Gasteiger partial charge in [0.15, 0.2) is 0 Å². The molecule has 0 aromatic heterocycles. The third-order valence-electron chi connectivity index (χ3n) is 3.75. The summed E-state index contributed by atoms with van der Waals surface area (Å²) < 4.78 is 0. The van der Waals surface area contributed by atoms with Crippen LogP contribution in [0.2, 0.25) is 0 Å². The summed E-state index contributed by atoms with van der Waals surface area (Å²) in [5, 5.41) is 3.60. The number of nitrogens with zero attached hydrogens (tertiary/aromatic N) is 1. The summed E-state index contributed by atoms with van der Waals surface area (Å²) in [6, 6.07) is 0.466. The summed E-state index contributed by atoms with van der Waals surface area (Å²) in [7, 11) is 0. The lowest BCUT2D eigenvalue weighted by Crippen LogP contribution is -2.45. The summed E-state index contributed by atoms with van der Waals surface area (Å²) in [6.45, 7) is 15.1. The molecule has 1 aliphatic rings. The second-order valence-electron chi connectivity index (χ2n) is 8.49. The van der Waals surface area contributed by atoms with E-state index in [1.807, 2.05) is 4.90 Å². The highest BCUT2D eigenvalue weighted by atomic mass is 16.2. The zero-order valence-corrected chi connectivity index (χ0v) is 14.4. The highest BCUT2D eigenvalue weighted by molar-refractivity contribution is 5.76. The minimum atomic E-state index is 0.135. The van der Waals surface area contributed by atoms with Gasteiger partial charge in [0.05, 0.1) is 0 Å². The summed E-state index contributed by atoms with van der Waals surface area (Å²) in [5.74, 6) is 0.345. The van der Waals surface area contributed by atoms with Gasteiger partial charge in [0.2, 0.25) is 5.91 Å². The molecule has 1 aliphatic heterocycles. The Labute approximate surface area is 125 Å². The summed E-state index contributed by atoms with van der Waals surface area (Å²) in [4.78, 5) is 14.2.